The average molecular weight is 391 g/mol. The van der Waals surface area contributed by atoms with Gasteiger partial charge in [-0.3, -0.25) is 4.79 Å². The lowest BCUT2D eigenvalue weighted by Gasteiger charge is -2.10. The summed E-state index contributed by atoms with van der Waals surface area (Å²) in [5.41, 5.74) is 0. The second-order valence-electron chi connectivity index (χ2n) is 5.46. The Morgan fingerprint density at radius 1 is 1.25 bits per heavy atom. The van der Waals surface area contributed by atoms with Crippen molar-refractivity contribution < 1.29 is 14.3 Å². The number of ether oxygens (including phenoxy) is 2. The summed E-state index contributed by atoms with van der Waals surface area (Å²) in [5.74, 6) is 0.648. The zero-order chi connectivity index (χ0) is 17.9. The van der Waals surface area contributed by atoms with Crippen LogP contribution in [0.1, 0.15) is 16.1 Å². The average Bonchev–Trinajstić information content (AvgIpc) is 2.86. The molecule has 1 amide bonds. The molecule has 0 bridgehead atoms. The highest BCUT2D eigenvalue weighted by atomic mass is 35.5. The number of hydrogen-bond acceptors (Lipinski definition) is 5. The van der Waals surface area contributed by atoms with Crippen LogP contribution in [0.25, 0.3) is 10.1 Å². The number of methoxy groups -OCH3 is 2. The Balaban J connectivity index is 2.32. The van der Waals surface area contributed by atoms with Crippen LogP contribution >= 0.6 is 34.5 Å². The van der Waals surface area contributed by atoms with Gasteiger partial charge < -0.3 is 19.7 Å². The maximum atomic E-state index is 12.4. The third kappa shape index (κ3) is 3.88. The quantitative estimate of drug-likeness (QED) is 0.728. The van der Waals surface area contributed by atoms with Gasteiger partial charge in [-0.2, -0.15) is 0 Å². The zero-order valence-corrected chi connectivity index (χ0v) is 16.4. The first-order chi connectivity index (χ1) is 11.4. The molecule has 0 radical (unpaired) electrons. The predicted octanol–water partition coefficient (Wildman–Crippen LogP) is 3.91. The number of thiophene rings is 1. The molecule has 2 aromatic rings. The molecule has 0 aliphatic rings. The number of amides is 1. The van der Waals surface area contributed by atoms with Crippen molar-refractivity contribution in [1.82, 2.24) is 10.2 Å². The monoisotopic (exact) mass is 390 g/mol. The summed E-state index contributed by atoms with van der Waals surface area (Å²) in [5, 5.41) is 4.30. The number of rotatable bonds is 7. The summed E-state index contributed by atoms with van der Waals surface area (Å²) >= 11 is 13.9. The van der Waals surface area contributed by atoms with Gasteiger partial charge >= 0.3 is 0 Å². The highest BCUT2D eigenvalue weighted by Gasteiger charge is 2.23. The number of hydrogen-bond donors (Lipinski definition) is 1. The van der Waals surface area contributed by atoms with Gasteiger partial charge in [0.25, 0.3) is 5.91 Å². The van der Waals surface area contributed by atoms with E-state index in [4.69, 9.17) is 32.7 Å². The number of carbonyl (C=O) groups excluding carboxylic acids is 1. The highest BCUT2D eigenvalue weighted by molar-refractivity contribution is 7.21. The first-order valence-electron chi connectivity index (χ1n) is 7.36. The van der Waals surface area contributed by atoms with E-state index in [1.54, 1.807) is 6.07 Å². The first kappa shape index (κ1) is 19.1. The standard InChI is InChI=1S/C16H20Cl2N2O3S/c1-20(2)7-5-6-19-16(21)15-12(18)11-10(24-15)8-9(17)13(22-3)14(11)23-4/h8H,5-7H2,1-4H3,(H,19,21). The molecular formula is C16H20Cl2N2O3S. The largest absolute Gasteiger partial charge is 0.492 e. The minimum absolute atomic E-state index is 0.197. The van der Waals surface area contributed by atoms with Crippen LogP contribution in [0.5, 0.6) is 11.5 Å². The Morgan fingerprint density at radius 3 is 2.50 bits per heavy atom. The topological polar surface area (TPSA) is 50.8 Å². The fraction of sp³-hybridized carbons (Fsp3) is 0.438. The van der Waals surface area contributed by atoms with E-state index in [0.717, 1.165) is 17.7 Å². The van der Waals surface area contributed by atoms with E-state index >= 15 is 0 Å². The number of halogens is 2. The highest BCUT2D eigenvalue weighted by Crippen LogP contribution is 2.48. The third-order valence-electron chi connectivity index (χ3n) is 3.47. The Labute approximate surface area is 155 Å². The number of nitrogens with one attached hydrogen (secondary N) is 1. The van der Waals surface area contributed by atoms with Crippen LogP contribution in [0, 0.1) is 0 Å². The van der Waals surface area contributed by atoms with Crippen LogP contribution in [0.2, 0.25) is 10.0 Å². The second kappa shape index (κ2) is 8.25. The van der Waals surface area contributed by atoms with Gasteiger partial charge in [-0.1, -0.05) is 23.2 Å². The normalized spacial score (nSPS) is 11.1. The van der Waals surface area contributed by atoms with E-state index in [0.29, 0.717) is 38.4 Å². The summed E-state index contributed by atoms with van der Waals surface area (Å²) in [7, 11) is 7.01. The SMILES string of the molecule is COc1c(Cl)cc2sc(C(=O)NCCCN(C)C)c(Cl)c2c1OC. The molecule has 1 N–H and O–H groups in total. The van der Waals surface area contributed by atoms with Gasteiger partial charge in [0.1, 0.15) is 4.88 Å². The molecule has 0 aliphatic carbocycles. The molecule has 0 aliphatic heterocycles. The van der Waals surface area contributed by atoms with Crippen LogP contribution < -0.4 is 14.8 Å². The summed E-state index contributed by atoms with van der Waals surface area (Å²) in [6.07, 6.45) is 0.865. The van der Waals surface area contributed by atoms with Gasteiger partial charge in [0.2, 0.25) is 0 Å². The molecule has 132 valence electrons. The Bertz CT molecular complexity index is 747. The molecule has 2 rings (SSSR count). The summed E-state index contributed by atoms with van der Waals surface area (Å²) in [6, 6.07) is 1.73. The Morgan fingerprint density at radius 2 is 1.92 bits per heavy atom. The van der Waals surface area contributed by atoms with Gasteiger partial charge in [-0.15, -0.1) is 11.3 Å². The maximum Gasteiger partial charge on any atom is 0.262 e. The van der Waals surface area contributed by atoms with E-state index in [9.17, 15) is 4.79 Å². The number of nitrogens with zero attached hydrogens (tertiary/aromatic N) is 1. The van der Waals surface area contributed by atoms with E-state index in [1.807, 2.05) is 14.1 Å². The second-order valence-corrected chi connectivity index (χ2v) is 7.29. The van der Waals surface area contributed by atoms with Crippen molar-refractivity contribution in [2.45, 2.75) is 6.42 Å². The van der Waals surface area contributed by atoms with Crippen molar-refractivity contribution in [2.75, 3.05) is 41.4 Å². The molecule has 8 heteroatoms. The Hall–Kier alpha value is -1.21. The van der Waals surface area contributed by atoms with E-state index in [1.165, 1.54) is 25.6 Å². The van der Waals surface area contributed by atoms with E-state index in [-0.39, 0.29) is 5.91 Å². The lowest BCUT2D eigenvalue weighted by Crippen LogP contribution is -2.26. The van der Waals surface area contributed by atoms with Crippen molar-refractivity contribution in [3.63, 3.8) is 0 Å². The third-order valence-corrected chi connectivity index (χ3v) is 5.37. The minimum Gasteiger partial charge on any atom is -0.492 e. The molecular weight excluding hydrogens is 371 g/mol. The van der Waals surface area contributed by atoms with Gasteiger partial charge in [-0.05, 0) is 33.1 Å². The van der Waals surface area contributed by atoms with Crippen LogP contribution in [-0.4, -0.2) is 52.2 Å². The van der Waals surface area contributed by atoms with E-state index < -0.39 is 0 Å². The number of fused-ring (bicyclic) bond motifs is 1. The van der Waals surface area contributed by atoms with Crippen molar-refractivity contribution in [1.29, 1.82) is 0 Å². The minimum atomic E-state index is -0.197. The summed E-state index contributed by atoms with van der Waals surface area (Å²) in [6.45, 7) is 1.49. The molecule has 1 aromatic carbocycles. The predicted molar refractivity (Wildman–Crippen MR) is 100 cm³/mol. The van der Waals surface area contributed by atoms with Crippen LogP contribution in [-0.2, 0) is 0 Å². The van der Waals surface area contributed by atoms with Crippen LogP contribution in [0.4, 0.5) is 0 Å². The zero-order valence-electron chi connectivity index (χ0n) is 14.0. The number of carbonyl (C=O) groups is 1. The summed E-state index contributed by atoms with van der Waals surface area (Å²) in [4.78, 5) is 14.9. The molecule has 0 unspecified atom stereocenters. The van der Waals surface area contributed by atoms with E-state index in [2.05, 4.69) is 10.2 Å². The number of benzene rings is 1. The molecule has 0 atom stereocenters. The Kier molecular flexibility index (Phi) is 6.57. The van der Waals surface area contributed by atoms with Crippen LogP contribution in [0.3, 0.4) is 0 Å². The molecule has 24 heavy (non-hydrogen) atoms. The lowest BCUT2D eigenvalue weighted by atomic mass is 10.2. The fourth-order valence-electron chi connectivity index (χ4n) is 2.35. The van der Waals surface area contributed by atoms with Gasteiger partial charge in [0.15, 0.2) is 11.5 Å². The first-order valence-corrected chi connectivity index (χ1v) is 8.93. The molecule has 1 heterocycles. The fourth-order valence-corrected chi connectivity index (χ4v) is 4.18. The smallest absolute Gasteiger partial charge is 0.262 e. The molecule has 0 fully saturated rings. The van der Waals surface area contributed by atoms with Gasteiger partial charge in [-0.25, -0.2) is 0 Å². The molecule has 1 aromatic heterocycles. The molecule has 0 spiro atoms. The van der Waals surface area contributed by atoms with Crippen molar-refractivity contribution >= 4 is 50.5 Å². The maximum absolute atomic E-state index is 12.4. The molecule has 5 nitrogen and oxygen atoms in total. The lowest BCUT2D eigenvalue weighted by molar-refractivity contribution is 0.0956. The van der Waals surface area contributed by atoms with Gasteiger partial charge in [0.05, 0.1) is 29.7 Å². The van der Waals surface area contributed by atoms with Crippen molar-refractivity contribution in [3.05, 3.63) is 21.0 Å². The van der Waals surface area contributed by atoms with Crippen LogP contribution in [0.15, 0.2) is 6.07 Å². The van der Waals surface area contributed by atoms with Crippen molar-refractivity contribution in [3.8, 4) is 11.5 Å². The molecule has 0 saturated carbocycles. The van der Waals surface area contributed by atoms with Crippen molar-refractivity contribution in [2.24, 2.45) is 0 Å². The summed E-state index contributed by atoms with van der Waals surface area (Å²) < 4.78 is 11.5. The molecule has 0 saturated heterocycles. The van der Waals surface area contributed by atoms with Gasteiger partial charge in [0, 0.05) is 11.2 Å².